The Labute approximate surface area is 75.9 Å². The standard InChI is InChI=1S/C8H13NO2S/c1-8(5-2-3-5)9-6(4-12-8)7(10)11/h5-6,9H,2-4H2,1H3,(H,10,11)/t6-,8?/m0/s1. The molecule has 4 heteroatoms. The normalized spacial score (nSPS) is 41.6. The van der Waals surface area contributed by atoms with Gasteiger partial charge in [-0.1, -0.05) is 0 Å². The SMILES string of the molecule is CC1(C2CC2)N[C@H](C(=O)O)CS1. The number of carboxylic acids is 1. The highest BCUT2D eigenvalue weighted by atomic mass is 32.2. The van der Waals surface area contributed by atoms with Gasteiger partial charge >= 0.3 is 5.97 Å². The van der Waals surface area contributed by atoms with Crippen molar-refractivity contribution >= 4 is 17.7 Å². The molecule has 0 aromatic heterocycles. The molecule has 68 valence electrons. The Hall–Kier alpha value is -0.220. The van der Waals surface area contributed by atoms with Crippen molar-refractivity contribution in [2.75, 3.05) is 5.75 Å². The second kappa shape index (κ2) is 2.64. The molecule has 3 nitrogen and oxygen atoms in total. The molecule has 1 unspecified atom stereocenters. The summed E-state index contributed by atoms with van der Waals surface area (Å²) < 4.78 is 0. The van der Waals surface area contributed by atoms with Gasteiger partial charge in [0.15, 0.2) is 0 Å². The van der Waals surface area contributed by atoms with E-state index in [1.165, 1.54) is 12.8 Å². The predicted molar refractivity (Wildman–Crippen MR) is 48.1 cm³/mol. The first-order valence-corrected chi connectivity index (χ1v) is 5.25. The van der Waals surface area contributed by atoms with Crippen molar-refractivity contribution in [1.82, 2.24) is 5.32 Å². The Morgan fingerprint density at radius 2 is 2.33 bits per heavy atom. The van der Waals surface area contributed by atoms with Crippen LogP contribution in [0.15, 0.2) is 0 Å². The highest BCUT2D eigenvalue weighted by molar-refractivity contribution is 8.00. The Bertz CT molecular complexity index is 217. The largest absolute Gasteiger partial charge is 0.480 e. The van der Waals surface area contributed by atoms with Crippen LogP contribution in [0.3, 0.4) is 0 Å². The predicted octanol–water partition coefficient (Wildman–Crippen LogP) is 0.902. The van der Waals surface area contributed by atoms with Crippen LogP contribution >= 0.6 is 11.8 Å². The van der Waals surface area contributed by atoms with Gasteiger partial charge in [-0.15, -0.1) is 11.8 Å². The number of hydrogen-bond donors (Lipinski definition) is 2. The van der Waals surface area contributed by atoms with E-state index >= 15 is 0 Å². The van der Waals surface area contributed by atoms with Gasteiger partial charge in [0.05, 0.1) is 4.87 Å². The van der Waals surface area contributed by atoms with Crippen LogP contribution in [0.1, 0.15) is 19.8 Å². The average molecular weight is 187 g/mol. The summed E-state index contributed by atoms with van der Waals surface area (Å²) in [7, 11) is 0. The lowest BCUT2D eigenvalue weighted by Crippen LogP contribution is -2.44. The van der Waals surface area contributed by atoms with Gasteiger partial charge in [-0.25, -0.2) is 0 Å². The molecule has 0 spiro atoms. The molecule has 12 heavy (non-hydrogen) atoms. The average Bonchev–Trinajstić information content (AvgIpc) is 2.77. The molecular weight excluding hydrogens is 174 g/mol. The fourth-order valence-corrected chi connectivity index (χ4v) is 3.12. The van der Waals surface area contributed by atoms with Gasteiger partial charge in [-0.05, 0) is 25.7 Å². The monoisotopic (exact) mass is 187 g/mol. The van der Waals surface area contributed by atoms with Crippen molar-refractivity contribution in [2.24, 2.45) is 5.92 Å². The molecule has 1 aliphatic heterocycles. The molecule has 1 saturated heterocycles. The Balaban J connectivity index is 2.00. The van der Waals surface area contributed by atoms with Crippen molar-refractivity contribution in [1.29, 1.82) is 0 Å². The van der Waals surface area contributed by atoms with Gasteiger partial charge in [0.25, 0.3) is 0 Å². The van der Waals surface area contributed by atoms with Gasteiger partial charge in [-0.3, -0.25) is 10.1 Å². The summed E-state index contributed by atoms with van der Waals surface area (Å²) in [6.07, 6.45) is 2.51. The number of aliphatic carboxylic acids is 1. The number of carbonyl (C=O) groups is 1. The second-order valence-corrected chi connectivity index (χ2v) is 5.20. The van der Waals surface area contributed by atoms with E-state index < -0.39 is 5.97 Å². The molecule has 0 aromatic carbocycles. The fraction of sp³-hybridized carbons (Fsp3) is 0.875. The first-order valence-electron chi connectivity index (χ1n) is 4.26. The third kappa shape index (κ3) is 1.33. The number of nitrogens with one attached hydrogen (secondary N) is 1. The lowest BCUT2D eigenvalue weighted by molar-refractivity contribution is -0.138. The molecule has 2 atom stereocenters. The van der Waals surface area contributed by atoms with E-state index in [9.17, 15) is 4.79 Å². The molecule has 2 aliphatic rings. The van der Waals surface area contributed by atoms with Crippen LogP contribution in [0.5, 0.6) is 0 Å². The summed E-state index contributed by atoms with van der Waals surface area (Å²) in [5.41, 5.74) is 0. The molecule has 0 radical (unpaired) electrons. The van der Waals surface area contributed by atoms with Crippen LogP contribution in [0, 0.1) is 5.92 Å². The maximum absolute atomic E-state index is 10.7. The Kier molecular flexibility index (Phi) is 1.84. The van der Waals surface area contributed by atoms with E-state index in [1.54, 1.807) is 11.8 Å². The molecule has 1 saturated carbocycles. The highest BCUT2D eigenvalue weighted by Crippen LogP contribution is 2.48. The summed E-state index contributed by atoms with van der Waals surface area (Å²) >= 11 is 1.76. The van der Waals surface area contributed by atoms with Crippen LogP contribution in [0.25, 0.3) is 0 Å². The Morgan fingerprint density at radius 1 is 1.67 bits per heavy atom. The minimum atomic E-state index is -0.716. The molecule has 1 heterocycles. The van der Waals surface area contributed by atoms with Crippen LogP contribution in [0.4, 0.5) is 0 Å². The zero-order valence-corrected chi connectivity index (χ0v) is 7.86. The van der Waals surface area contributed by atoms with Crippen molar-refractivity contribution in [3.8, 4) is 0 Å². The highest BCUT2D eigenvalue weighted by Gasteiger charge is 2.48. The summed E-state index contributed by atoms with van der Waals surface area (Å²) in [4.78, 5) is 10.7. The number of hydrogen-bond acceptors (Lipinski definition) is 3. The maximum Gasteiger partial charge on any atom is 0.321 e. The lowest BCUT2D eigenvalue weighted by atomic mass is 10.2. The summed E-state index contributed by atoms with van der Waals surface area (Å²) in [6, 6.07) is -0.333. The zero-order chi connectivity index (χ0) is 8.77. The summed E-state index contributed by atoms with van der Waals surface area (Å²) in [6.45, 7) is 2.12. The topological polar surface area (TPSA) is 49.3 Å². The van der Waals surface area contributed by atoms with Gasteiger partial charge in [-0.2, -0.15) is 0 Å². The molecule has 1 aliphatic carbocycles. The van der Waals surface area contributed by atoms with Crippen LogP contribution in [-0.2, 0) is 4.79 Å². The fourth-order valence-electron chi connectivity index (χ4n) is 1.69. The molecule has 2 N–H and O–H groups in total. The third-order valence-corrected chi connectivity index (χ3v) is 4.22. The van der Waals surface area contributed by atoms with Crippen LogP contribution < -0.4 is 5.32 Å². The van der Waals surface area contributed by atoms with Gasteiger partial charge < -0.3 is 5.11 Å². The first kappa shape index (κ1) is 8.38. The molecule has 0 amide bonds. The maximum atomic E-state index is 10.7. The number of rotatable bonds is 2. The first-order chi connectivity index (χ1) is 5.62. The van der Waals surface area contributed by atoms with Crippen molar-refractivity contribution in [3.05, 3.63) is 0 Å². The molecular formula is C8H13NO2S. The number of thioether (sulfide) groups is 1. The van der Waals surface area contributed by atoms with Crippen molar-refractivity contribution < 1.29 is 9.90 Å². The summed E-state index contributed by atoms with van der Waals surface area (Å²) in [5.74, 6) is 0.696. The molecule has 0 bridgehead atoms. The molecule has 2 fully saturated rings. The van der Waals surface area contributed by atoms with Gasteiger partial charge in [0, 0.05) is 5.75 Å². The Morgan fingerprint density at radius 3 is 2.75 bits per heavy atom. The molecule has 2 rings (SSSR count). The summed E-state index contributed by atoms with van der Waals surface area (Å²) in [5, 5.41) is 12.0. The third-order valence-electron chi connectivity index (χ3n) is 2.67. The van der Waals surface area contributed by atoms with E-state index in [0.29, 0.717) is 11.7 Å². The lowest BCUT2D eigenvalue weighted by Gasteiger charge is -2.23. The van der Waals surface area contributed by atoms with Crippen molar-refractivity contribution in [2.45, 2.75) is 30.7 Å². The van der Waals surface area contributed by atoms with Gasteiger partial charge in [0.1, 0.15) is 6.04 Å². The quantitative estimate of drug-likeness (QED) is 0.674. The van der Waals surface area contributed by atoms with E-state index in [-0.39, 0.29) is 10.9 Å². The van der Waals surface area contributed by atoms with Crippen molar-refractivity contribution in [3.63, 3.8) is 0 Å². The minimum absolute atomic E-state index is 0.0447. The van der Waals surface area contributed by atoms with E-state index in [1.807, 2.05) is 0 Å². The molecule has 0 aromatic rings. The second-order valence-electron chi connectivity index (χ2n) is 3.73. The number of carboxylic acid groups (broad SMARTS) is 1. The van der Waals surface area contributed by atoms with E-state index in [4.69, 9.17) is 5.11 Å². The van der Waals surface area contributed by atoms with Gasteiger partial charge in [0.2, 0.25) is 0 Å². The van der Waals surface area contributed by atoms with Crippen LogP contribution in [-0.4, -0.2) is 27.7 Å². The smallest absolute Gasteiger partial charge is 0.321 e. The van der Waals surface area contributed by atoms with E-state index in [2.05, 4.69) is 12.2 Å². The van der Waals surface area contributed by atoms with Crippen LogP contribution in [0.2, 0.25) is 0 Å². The zero-order valence-electron chi connectivity index (χ0n) is 7.04. The van der Waals surface area contributed by atoms with E-state index in [0.717, 1.165) is 0 Å². The minimum Gasteiger partial charge on any atom is -0.480 e.